The van der Waals surface area contributed by atoms with E-state index in [2.05, 4.69) is 15.9 Å². The number of carbonyl (C=O) groups excluding carboxylic acids is 1. The van der Waals surface area contributed by atoms with Crippen molar-refractivity contribution in [3.8, 4) is 5.75 Å². The second kappa shape index (κ2) is 3.61. The number of carbonyl (C=O) groups is 1. The van der Waals surface area contributed by atoms with Gasteiger partial charge in [0.05, 0.1) is 0 Å². The first kappa shape index (κ1) is 9.52. The fourth-order valence-electron chi connectivity index (χ4n) is 1.60. The average Bonchev–Trinajstić information content (AvgIpc) is 2.43. The third kappa shape index (κ3) is 1.50. The van der Waals surface area contributed by atoms with Crippen molar-refractivity contribution in [1.29, 1.82) is 0 Å². The van der Waals surface area contributed by atoms with Crippen LogP contribution in [0, 0.1) is 0 Å². The summed E-state index contributed by atoms with van der Waals surface area (Å²) in [6.45, 7) is 0.674. The van der Waals surface area contributed by atoms with Gasteiger partial charge < -0.3 is 9.64 Å². The van der Waals surface area contributed by atoms with Crippen LogP contribution in [0.15, 0.2) is 18.2 Å². The smallest absolute Gasteiger partial charge is 0.254 e. The van der Waals surface area contributed by atoms with E-state index in [0.717, 1.165) is 16.9 Å². The maximum Gasteiger partial charge on any atom is 0.254 e. The molecule has 4 heteroatoms. The molecule has 1 aliphatic rings. The number of ether oxygens (including phenoxy) is 1. The summed E-state index contributed by atoms with van der Waals surface area (Å²) >= 11 is 3.19. The van der Waals surface area contributed by atoms with Gasteiger partial charge in [-0.2, -0.15) is 0 Å². The maximum absolute atomic E-state index is 11.5. The zero-order valence-corrected chi connectivity index (χ0v) is 9.37. The van der Waals surface area contributed by atoms with Crippen LogP contribution >= 0.6 is 15.9 Å². The molecule has 74 valence electrons. The SMILES string of the molecule is CN1Cc2cc(OCBr)ccc2C1=O. The van der Waals surface area contributed by atoms with Gasteiger partial charge >= 0.3 is 0 Å². The highest BCUT2D eigenvalue weighted by Gasteiger charge is 2.24. The van der Waals surface area contributed by atoms with E-state index in [1.807, 2.05) is 18.2 Å². The normalized spacial score (nSPS) is 14.4. The molecule has 0 spiro atoms. The van der Waals surface area contributed by atoms with Gasteiger partial charge in [-0.25, -0.2) is 0 Å². The third-order valence-corrected chi connectivity index (χ3v) is 2.51. The molecule has 0 aliphatic carbocycles. The van der Waals surface area contributed by atoms with E-state index >= 15 is 0 Å². The lowest BCUT2D eigenvalue weighted by Gasteiger charge is -2.04. The predicted molar refractivity (Wildman–Crippen MR) is 56.7 cm³/mol. The van der Waals surface area contributed by atoms with Crippen LogP contribution in [0.1, 0.15) is 15.9 Å². The molecular weight excluding hydrogens is 246 g/mol. The standard InChI is InChI=1S/C10H10BrNO2/c1-12-5-7-4-8(14-6-11)2-3-9(7)10(12)13/h2-4H,5-6H2,1H3. The second-order valence-electron chi connectivity index (χ2n) is 3.23. The minimum Gasteiger partial charge on any atom is -0.482 e. The average molecular weight is 256 g/mol. The molecule has 0 bridgehead atoms. The molecule has 1 aliphatic heterocycles. The molecule has 0 radical (unpaired) electrons. The van der Waals surface area contributed by atoms with Crippen molar-refractivity contribution in [2.45, 2.75) is 6.54 Å². The van der Waals surface area contributed by atoms with Crippen LogP contribution in [0.3, 0.4) is 0 Å². The first-order valence-corrected chi connectivity index (χ1v) is 5.41. The molecule has 1 aromatic rings. The molecule has 0 saturated heterocycles. The minimum absolute atomic E-state index is 0.0883. The Morgan fingerprint density at radius 3 is 3.07 bits per heavy atom. The number of hydrogen-bond acceptors (Lipinski definition) is 2. The third-order valence-electron chi connectivity index (χ3n) is 2.28. The number of rotatable bonds is 2. The van der Waals surface area contributed by atoms with E-state index in [1.165, 1.54) is 0 Å². The predicted octanol–water partition coefficient (Wildman–Crippen LogP) is 2.00. The first-order valence-electron chi connectivity index (χ1n) is 4.29. The number of amides is 1. The molecule has 1 aromatic carbocycles. The largest absolute Gasteiger partial charge is 0.482 e. The van der Waals surface area contributed by atoms with Crippen molar-refractivity contribution in [3.63, 3.8) is 0 Å². The van der Waals surface area contributed by atoms with Gasteiger partial charge in [-0.15, -0.1) is 0 Å². The Kier molecular flexibility index (Phi) is 2.46. The van der Waals surface area contributed by atoms with Crippen molar-refractivity contribution in [2.75, 3.05) is 12.6 Å². The molecule has 14 heavy (non-hydrogen) atoms. The van der Waals surface area contributed by atoms with E-state index in [-0.39, 0.29) is 5.91 Å². The molecular formula is C10H10BrNO2. The van der Waals surface area contributed by atoms with Gasteiger partial charge in [-0.1, -0.05) is 0 Å². The lowest BCUT2D eigenvalue weighted by atomic mass is 10.1. The Morgan fingerprint density at radius 1 is 1.57 bits per heavy atom. The van der Waals surface area contributed by atoms with E-state index in [4.69, 9.17) is 4.74 Å². The zero-order chi connectivity index (χ0) is 10.1. The van der Waals surface area contributed by atoms with Gasteiger partial charge in [0.25, 0.3) is 5.91 Å². The van der Waals surface area contributed by atoms with E-state index in [9.17, 15) is 4.79 Å². The number of alkyl halides is 1. The van der Waals surface area contributed by atoms with Crippen LogP contribution in [0.5, 0.6) is 5.75 Å². The van der Waals surface area contributed by atoms with Gasteiger partial charge in [0.1, 0.15) is 11.3 Å². The molecule has 2 rings (SSSR count). The van der Waals surface area contributed by atoms with Gasteiger partial charge in [0, 0.05) is 19.2 Å². The van der Waals surface area contributed by atoms with Crippen LogP contribution in [-0.2, 0) is 6.54 Å². The van der Waals surface area contributed by atoms with Crippen LogP contribution in [0.4, 0.5) is 0 Å². The Bertz CT molecular complexity index is 378. The Hall–Kier alpha value is -1.03. The highest BCUT2D eigenvalue weighted by molar-refractivity contribution is 9.09. The van der Waals surface area contributed by atoms with Gasteiger partial charge in [0.15, 0.2) is 0 Å². The summed E-state index contributed by atoms with van der Waals surface area (Å²) in [5.74, 6) is 0.883. The van der Waals surface area contributed by atoms with E-state index in [1.54, 1.807) is 11.9 Å². The Labute approximate surface area is 90.8 Å². The summed E-state index contributed by atoms with van der Waals surface area (Å²) in [4.78, 5) is 13.2. The highest BCUT2D eigenvalue weighted by Crippen LogP contribution is 2.25. The molecule has 0 fully saturated rings. The summed E-state index contributed by atoms with van der Waals surface area (Å²) in [7, 11) is 1.80. The van der Waals surface area contributed by atoms with Crippen molar-refractivity contribution >= 4 is 21.8 Å². The van der Waals surface area contributed by atoms with Gasteiger partial charge in [-0.05, 0) is 39.7 Å². The molecule has 3 nitrogen and oxygen atoms in total. The van der Waals surface area contributed by atoms with Crippen LogP contribution in [-0.4, -0.2) is 23.4 Å². The molecule has 0 saturated carbocycles. The van der Waals surface area contributed by atoms with Crippen molar-refractivity contribution in [1.82, 2.24) is 4.90 Å². The first-order chi connectivity index (χ1) is 6.72. The van der Waals surface area contributed by atoms with Crippen molar-refractivity contribution < 1.29 is 9.53 Å². The lowest BCUT2D eigenvalue weighted by Crippen LogP contribution is -2.17. The number of halogens is 1. The second-order valence-corrected chi connectivity index (χ2v) is 3.69. The quantitative estimate of drug-likeness (QED) is 0.757. The zero-order valence-electron chi connectivity index (χ0n) is 7.79. The summed E-state index contributed by atoms with van der Waals surface area (Å²) in [6, 6.07) is 5.55. The highest BCUT2D eigenvalue weighted by atomic mass is 79.9. The topological polar surface area (TPSA) is 29.5 Å². The molecule has 0 aromatic heterocycles. The molecule has 1 amide bonds. The van der Waals surface area contributed by atoms with Crippen LogP contribution in [0.2, 0.25) is 0 Å². The fraction of sp³-hybridized carbons (Fsp3) is 0.300. The van der Waals surface area contributed by atoms with Gasteiger partial charge in [0.2, 0.25) is 0 Å². The molecule has 0 N–H and O–H groups in total. The number of hydrogen-bond donors (Lipinski definition) is 0. The van der Waals surface area contributed by atoms with E-state index < -0.39 is 0 Å². The van der Waals surface area contributed by atoms with Crippen molar-refractivity contribution in [3.05, 3.63) is 29.3 Å². The molecule has 0 atom stereocenters. The number of benzene rings is 1. The van der Waals surface area contributed by atoms with Gasteiger partial charge in [-0.3, -0.25) is 4.79 Å². The molecule has 1 heterocycles. The Morgan fingerprint density at radius 2 is 2.36 bits per heavy atom. The number of fused-ring (bicyclic) bond motifs is 1. The summed E-state index contributed by atoms with van der Waals surface area (Å²) < 4.78 is 5.29. The van der Waals surface area contributed by atoms with Crippen LogP contribution in [0.25, 0.3) is 0 Å². The van der Waals surface area contributed by atoms with Crippen molar-refractivity contribution in [2.24, 2.45) is 0 Å². The molecule has 0 unspecified atom stereocenters. The monoisotopic (exact) mass is 255 g/mol. The summed E-state index contributed by atoms with van der Waals surface area (Å²) in [5.41, 5.74) is 2.29. The van der Waals surface area contributed by atoms with E-state index in [0.29, 0.717) is 12.1 Å². The lowest BCUT2D eigenvalue weighted by molar-refractivity contribution is 0.0816. The Balaban J connectivity index is 2.34. The fourth-order valence-corrected chi connectivity index (χ4v) is 1.86. The summed E-state index contributed by atoms with van der Waals surface area (Å²) in [6.07, 6.45) is 0. The minimum atomic E-state index is 0.0883. The maximum atomic E-state index is 11.5. The van der Waals surface area contributed by atoms with Crippen LogP contribution < -0.4 is 4.74 Å². The number of nitrogens with zero attached hydrogens (tertiary/aromatic N) is 1. The summed E-state index contributed by atoms with van der Waals surface area (Å²) in [5, 5.41) is 0.